The van der Waals surface area contributed by atoms with Gasteiger partial charge in [-0.1, -0.05) is 62.6 Å². The number of nitrogens with zero attached hydrogens (tertiary/aromatic N) is 5. The molecule has 1 N–H and O–H groups in total. The second-order valence-corrected chi connectivity index (χ2v) is 11.2. The number of pyridine rings is 1. The number of aromatic nitrogens is 5. The molecule has 2 aromatic carbocycles. The molecule has 1 aliphatic carbocycles. The highest BCUT2D eigenvalue weighted by molar-refractivity contribution is 5.83. The van der Waals surface area contributed by atoms with Gasteiger partial charge in [0.05, 0.1) is 12.1 Å². The molecule has 2 aromatic heterocycles. The van der Waals surface area contributed by atoms with E-state index in [4.69, 9.17) is 0 Å². The lowest BCUT2D eigenvalue weighted by molar-refractivity contribution is 0.123. The fourth-order valence-electron chi connectivity index (χ4n) is 5.92. The zero-order chi connectivity index (χ0) is 26.1. The first-order chi connectivity index (χ1) is 17.8. The Balaban J connectivity index is 1.58. The third-order valence-corrected chi connectivity index (χ3v) is 7.75. The van der Waals surface area contributed by atoms with Gasteiger partial charge in [-0.2, -0.15) is 0 Å². The third kappa shape index (κ3) is 5.37. The van der Waals surface area contributed by atoms with Crippen LogP contribution in [0.15, 0.2) is 47.3 Å². The molecular formula is C30H38N6O. The second kappa shape index (κ2) is 10.6. The Hall–Kier alpha value is -3.32. The zero-order valence-electron chi connectivity index (χ0n) is 22.7. The van der Waals surface area contributed by atoms with Crippen LogP contribution < -0.4 is 5.56 Å². The molecule has 0 saturated heterocycles. The summed E-state index contributed by atoms with van der Waals surface area (Å²) in [4.78, 5) is 18.8. The number of hydrogen-bond donors (Lipinski definition) is 1. The molecule has 194 valence electrons. The van der Waals surface area contributed by atoms with Crippen LogP contribution in [-0.4, -0.2) is 30.1 Å². The number of H-pyrrole nitrogens is 1. The van der Waals surface area contributed by atoms with Crippen LogP contribution in [0.2, 0.25) is 0 Å². The van der Waals surface area contributed by atoms with Gasteiger partial charge >= 0.3 is 0 Å². The maximum absolute atomic E-state index is 13.3. The van der Waals surface area contributed by atoms with Crippen molar-refractivity contribution >= 4 is 10.9 Å². The van der Waals surface area contributed by atoms with Gasteiger partial charge in [-0.05, 0) is 78.8 Å². The van der Waals surface area contributed by atoms with Gasteiger partial charge in [0.25, 0.3) is 5.56 Å². The van der Waals surface area contributed by atoms with E-state index in [0.29, 0.717) is 19.1 Å². The molecule has 0 spiro atoms. The first-order valence-electron chi connectivity index (χ1n) is 13.5. The molecule has 0 unspecified atom stereocenters. The summed E-state index contributed by atoms with van der Waals surface area (Å²) < 4.78 is 2.07. The van der Waals surface area contributed by atoms with Crippen LogP contribution >= 0.6 is 0 Å². The first-order valence-corrected chi connectivity index (χ1v) is 13.5. The quantitative estimate of drug-likeness (QED) is 0.324. The van der Waals surface area contributed by atoms with E-state index >= 15 is 0 Å². The van der Waals surface area contributed by atoms with E-state index in [1.54, 1.807) is 0 Å². The fraction of sp³-hybridized carbons (Fsp3) is 0.467. The molecule has 2 heterocycles. The molecule has 0 bridgehead atoms. The highest BCUT2D eigenvalue weighted by Crippen LogP contribution is 2.35. The van der Waals surface area contributed by atoms with E-state index in [2.05, 4.69) is 101 Å². The Morgan fingerprint density at radius 1 is 1.00 bits per heavy atom. The molecule has 0 amide bonds. The summed E-state index contributed by atoms with van der Waals surface area (Å²) in [5.74, 6) is 1.15. The smallest absolute Gasteiger partial charge is 0.252 e. The fourth-order valence-corrected chi connectivity index (χ4v) is 5.92. The van der Waals surface area contributed by atoms with Crippen LogP contribution in [-0.2, 0) is 13.1 Å². The number of fused-ring (bicyclic) bond motifs is 1. The molecule has 37 heavy (non-hydrogen) atoms. The summed E-state index contributed by atoms with van der Waals surface area (Å²) in [6, 6.07) is 15.3. The molecule has 0 aliphatic heterocycles. The minimum atomic E-state index is -0.0377. The Kier molecular flexibility index (Phi) is 7.24. The van der Waals surface area contributed by atoms with E-state index in [1.807, 2.05) is 6.07 Å². The summed E-state index contributed by atoms with van der Waals surface area (Å²) in [6.07, 6.45) is 4.66. The predicted octanol–water partition coefficient (Wildman–Crippen LogP) is 5.95. The van der Waals surface area contributed by atoms with Crippen molar-refractivity contribution in [3.8, 4) is 0 Å². The number of aromatic amines is 1. The van der Waals surface area contributed by atoms with Crippen molar-refractivity contribution in [2.45, 2.75) is 85.5 Å². The van der Waals surface area contributed by atoms with Crippen molar-refractivity contribution < 1.29 is 0 Å². The van der Waals surface area contributed by atoms with Gasteiger partial charge in [0.15, 0.2) is 5.82 Å². The standard InChI is InChI=1S/C30H38N6O/c1-19(2)28(29-32-33-34-36(29)25-8-6-7-9-25)35(17-23-12-10-20(3)11-13-23)18-24-16-26-22(5)14-21(4)15-27(26)31-30(24)37/h10-16,19,25,28H,6-9,17-18H2,1-5H3,(H,31,37)/t28-/m1/s1. The molecule has 5 rings (SSSR count). The molecule has 7 nitrogen and oxygen atoms in total. The lowest BCUT2D eigenvalue weighted by Gasteiger charge is -2.34. The molecular weight excluding hydrogens is 460 g/mol. The SMILES string of the molecule is Cc1ccc(CN(Cc2cc3c(C)cc(C)cc3[nH]c2=O)[C@@H](c2nnnn2C2CCCC2)C(C)C)cc1. The summed E-state index contributed by atoms with van der Waals surface area (Å²) in [5.41, 5.74) is 6.37. The maximum Gasteiger partial charge on any atom is 0.252 e. The molecule has 4 aromatic rings. The number of rotatable bonds is 8. The summed E-state index contributed by atoms with van der Waals surface area (Å²) in [5, 5.41) is 14.2. The van der Waals surface area contributed by atoms with Gasteiger partial charge in [-0.25, -0.2) is 4.68 Å². The summed E-state index contributed by atoms with van der Waals surface area (Å²) in [6.45, 7) is 11.9. The summed E-state index contributed by atoms with van der Waals surface area (Å²) in [7, 11) is 0. The third-order valence-electron chi connectivity index (χ3n) is 7.75. The Labute approximate surface area is 218 Å². The topological polar surface area (TPSA) is 79.7 Å². The van der Waals surface area contributed by atoms with E-state index < -0.39 is 0 Å². The first kappa shape index (κ1) is 25.3. The molecule has 0 radical (unpaired) electrons. The number of tetrazole rings is 1. The molecule has 1 aliphatic rings. The lowest BCUT2D eigenvalue weighted by Crippen LogP contribution is -2.35. The molecule has 7 heteroatoms. The van der Waals surface area contributed by atoms with Crippen molar-refractivity contribution in [2.75, 3.05) is 0 Å². The summed E-state index contributed by atoms with van der Waals surface area (Å²) >= 11 is 0. The average molecular weight is 499 g/mol. The Morgan fingerprint density at radius 2 is 1.73 bits per heavy atom. The van der Waals surface area contributed by atoms with Crippen molar-refractivity contribution in [1.82, 2.24) is 30.1 Å². The van der Waals surface area contributed by atoms with Crippen molar-refractivity contribution in [3.05, 3.63) is 86.5 Å². The second-order valence-electron chi connectivity index (χ2n) is 11.2. The molecule has 1 atom stereocenters. The lowest BCUT2D eigenvalue weighted by atomic mass is 9.98. The molecule has 1 saturated carbocycles. The molecule has 1 fully saturated rings. The van der Waals surface area contributed by atoms with Crippen LogP contribution in [0.4, 0.5) is 0 Å². The van der Waals surface area contributed by atoms with E-state index in [9.17, 15) is 4.79 Å². The number of nitrogens with one attached hydrogen (secondary N) is 1. The Bertz CT molecular complexity index is 1430. The van der Waals surface area contributed by atoms with E-state index in [-0.39, 0.29) is 17.5 Å². The predicted molar refractivity (Wildman–Crippen MR) is 147 cm³/mol. The largest absolute Gasteiger partial charge is 0.322 e. The minimum absolute atomic E-state index is 0.0360. The van der Waals surface area contributed by atoms with Crippen LogP contribution in [0.3, 0.4) is 0 Å². The van der Waals surface area contributed by atoms with Crippen LogP contribution in [0.25, 0.3) is 10.9 Å². The maximum atomic E-state index is 13.3. The normalized spacial score (nSPS) is 15.3. The number of benzene rings is 2. The van der Waals surface area contributed by atoms with Gasteiger partial charge in [0, 0.05) is 29.6 Å². The van der Waals surface area contributed by atoms with Gasteiger partial charge in [0.1, 0.15) is 0 Å². The zero-order valence-corrected chi connectivity index (χ0v) is 22.7. The van der Waals surface area contributed by atoms with Gasteiger partial charge in [-0.15, -0.1) is 5.10 Å². The van der Waals surface area contributed by atoms with E-state index in [1.165, 1.54) is 29.5 Å². The van der Waals surface area contributed by atoms with Gasteiger partial charge in [-0.3, -0.25) is 9.69 Å². The average Bonchev–Trinajstić information content (AvgIpc) is 3.53. The highest BCUT2D eigenvalue weighted by atomic mass is 16.1. The highest BCUT2D eigenvalue weighted by Gasteiger charge is 2.32. The van der Waals surface area contributed by atoms with Crippen molar-refractivity contribution in [2.24, 2.45) is 5.92 Å². The van der Waals surface area contributed by atoms with Gasteiger partial charge in [0.2, 0.25) is 0 Å². The van der Waals surface area contributed by atoms with E-state index in [0.717, 1.165) is 40.7 Å². The minimum Gasteiger partial charge on any atom is -0.322 e. The Morgan fingerprint density at radius 3 is 2.43 bits per heavy atom. The number of aryl methyl sites for hydroxylation is 3. The van der Waals surface area contributed by atoms with Crippen LogP contribution in [0.1, 0.15) is 85.3 Å². The van der Waals surface area contributed by atoms with Crippen LogP contribution in [0.5, 0.6) is 0 Å². The van der Waals surface area contributed by atoms with Crippen LogP contribution in [0, 0.1) is 26.7 Å². The number of hydrogen-bond acceptors (Lipinski definition) is 5. The monoisotopic (exact) mass is 498 g/mol. The van der Waals surface area contributed by atoms with Crippen molar-refractivity contribution in [1.29, 1.82) is 0 Å². The van der Waals surface area contributed by atoms with Crippen molar-refractivity contribution in [3.63, 3.8) is 0 Å². The van der Waals surface area contributed by atoms with Gasteiger partial charge < -0.3 is 4.98 Å².